The number of hydrogen-bond acceptors (Lipinski definition) is 0. The third kappa shape index (κ3) is 2.77. The van der Waals surface area contributed by atoms with Crippen molar-refractivity contribution in [2.24, 2.45) is 0 Å². The molecule has 0 saturated heterocycles. The Hall–Kier alpha value is -1.62. The van der Waals surface area contributed by atoms with Crippen LogP contribution in [0.1, 0.15) is 11.1 Å². The van der Waals surface area contributed by atoms with Crippen LogP contribution in [-0.2, 0) is 6.18 Å². The van der Waals surface area contributed by atoms with E-state index in [2.05, 4.69) is 0 Å². The summed E-state index contributed by atoms with van der Waals surface area (Å²) < 4.78 is 65.1. The average molecular weight is 307 g/mol. The van der Waals surface area contributed by atoms with Gasteiger partial charge in [-0.3, -0.25) is 0 Å². The zero-order valence-electron chi connectivity index (χ0n) is 10.2. The molecule has 0 aromatic heterocycles. The van der Waals surface area contributed by atoms with Crippen LogP contribution in [0.5, 0.6) is 0 Å². The molecule has 0 radical (unpaired) electrons. The molecule has 0 unspecified atom stereocenters. The van der Waals surface area contributed by atoms with Crippen LogP contribution in [0.15, 0.2) is 30.3 Å². The van der Waals surface area contributed by atoms with Crippen molar-refractivity contribution in [2.45, 2.75) is 13.1 Å². The highest BCUT2D eigenvalue weighted by Crippen LogP contribution is 2.39. The van der Waals surface area contributed by atoms with Gasteiger partial charge in [-0.1, -0.05) is 23.7 Å². The summed E-state index contributed by atoms with van der Waals surface area (Å²) in [5.41, 5.74) is -0.955. The number of halogens is 6. The zero-order chi connectivity index (χ0) is 15.1. The quantitative estimate of drug-likeness (QED) is 0.600. The van der Waals surface area contributed by atoms with Gasteiger partial charge in [-0.25, -0.2) is 8.78 Å². The molecule has 0 nitrogen and oxygen atoms in total. The minimum Gasteiger partial charge on any atom is -0.206 e. The summed E-state index contributed by atoms with van der Waals surface area (Å²) >= 11 is 5.47. The van der Waals surface area contributed by atoms with Crippen LogP contribution in [0.4, 0.5) is 22.0 Å². The molecule has 0 aliphatic carbocycles. The fraction of sp³-hybridized carbons (Fsp3) is 0.143. The minimum absolute atomic E-state index is 0.00914. The standard InChI is InChI=1S/C14H8ClF5/c1-7-2-3-9(11(16)4-7)8-5-10(15)13(12(17)6-8)14(18,19)20/h2-6H,1H3. The van der Waals surface area contributed by atoms with Gasteiger partial charge in [0.15, 0.2) is 0 Å². The van der Waals surface area contributed by atoms with Crippen LogP contribution in [-0.4, -0.2) is 0 Å². The van der Waals surface area contributed by atoms with Crippen LogP contribution in [0, 0.1) is 18.6 Å². The van der Waals surface area contributed by atoms with Crippen molar-refractivity contribution < 1.29 is 22.0 Å². The molecule has 0 heterocycles. The van der Waals surface area contributed by atoms with E-state index in [1.54, 1.807) is 13.0 Å². The monoisotopic (exact) mass is 306 g/mol. The van der Waals surface area contributed by atoms with E-state index in [9.17, 15) is 22.0 Å². The van der Waals surface area contributed by atoms with E-state index in [1.165, 1.54) is 12.1 Å². The van der Waals surface area contributed by atoms with Gasteiger partial charge < -0.3 is 0 Å². The lowest BCUT2D eigenvalue weighted by Gasteiger charge is -2.12. The Morgan fingerprint density at radius 1 is 0.950 bits per heavy atom. The lowest BCUT2D eigenvalue weighted by atomic mass is 10.0. The number of rotatable bonds is 1. The predicted molar refractivity (Wildman–Crippen MR) is 66.5 cm³/mol. The largest absolute Gasteiger partial charge is 0.420 e. The van der Waals surface area contributed by atoms with Gasteiger partial charge in [0.25, 0.3) is 0 Å². The first-order valence-electron chi connectivity index (χ1n) is 5.53. The van der Waals surface area contributed by atoms with Gasteiger partial charge in [0.05, 0.1) is 5.02 Å². The summed E-state index contributed by atoms with van der Waals surface area (Å²) in [4.78, 5) is 0. The minimum atomic E-state index is -4.90. The van der Waals surface area contributed by atoms with Gasteiger partial charge in [-0.2, -0.15) is 13.2 Å². The molecule has 0 amide bonds. The van der Waals surface area contributed by atoms with E-state index in [4.69, 9.17) is 11.6 Å². The first-order valence-corrected chi connectivity index (χ1v) is 5.90. The maximum Gasteiger partial charge on any atom is 0.420 e. The first-order chi connectivity index (χ1) is 9.20. The lowest BCUT2D eigenvalue weighted by Crippen LogP contribution is -2.09. The van der Waals surface area contributed by atoms with E-state index in [1.807, 2.05) is 0 Å². The third-order valence-corrected chi connectivity index (χ3v) is 3.06. The normalized spacial score (nSPS) is 11.8. The Kier molecular flexibility index (Phi) is 3.73. The number of aryl methyl sites for hydroxylation is 1. The number of hydrogen-bond donors (Lipinski definition) is 0. The molecule has 0 N–H and O–H groups in total. The van der Waals surface area contributed by atoms with E-state index >= 15 is 0 Å². The highest BCUT2D eigenvalue weighted by Gasteiger charge is 2.37. The van der Waals surface area contributed by atoms with Gasteiger partial charge in [0.1, 0.15) is 17.2 Å². The van der Waals surface area contributed by atoms with Crippen LogP contribution < -0.4 is 0 Å². The molecule has 0 aliphatic heterocycles. The summed E-state index contributed by atoms with van der Waals surface area (Å²) in [5, 5.41) is -0.799. The third-order valence-electron chi connectivity index (χ3n) is 2.76. The van der Waals surface area contributed by atoms with Crippen LogP contribution in [0.3, 0.4) is 0 Å². The van der Waals surface area contributed by atoms with Gasteiger partial charge in [-0.15, -0.1) is 0 Å². The highest BCUT2D eigenvalue weighted by molar-refractivity contribution is 6.31. The molecular formula is C14H8ClF5. The second-order valence-corrected chi connectivity index (χ2v) is 4.70. The summed E-state index contributed by atoms with van der Waals surface area (Å²) in [6, 6.07) is 5.67. The smallest absolute Gasteiger partial charge is 0.206 e. The Morgan fingerprint density at radius 3 is 2.10 bits per heavy atom. The summed E-state index contributed by atoms with van der Waals surface area (Å²) in [6.07, 6.45) is -4.90. The maximum atomic E-state index is 13.7. The van der Waals surface area contributed by atoms with Crippen molar-refractivity contribution in [3.8, 4) is 11.1 Å². The molecule has 0 aliphatic rings. The molecule has 106 valence electrons. The van der Waals surface area contributed by atoms with Gasteiger partial charge in [0, 0.05) is 5.56 Å². The SMILES string of the molecule is Cc1ccc(-c2cc(F)c(C(F)(F)F)c(Cl)c2)c(F)c1. The van der Waals surface area contributed by atoms with Gasteiger partial charge in [0.2, 0.25) is 0 Å². The van der Waals surface area contributed by atoms with Crippen molar-refractivity contribution >= 4 is 11.6 Å². The number of benzene rings is 2. The van der Waals surface area contributed by atoms with Crippen molar-refractivity contribution in [1.29, 1.82) is 0 Å². The van der Waals surface area contributed by atoms with Crippen LogP contribution in [0.2, 0.25) is 5.02 Å². The molecule has 2 rings (SSSR count). The molecule has 6 heteroatoms. The van der Waals surface area contributed by atoms with Crippen LogP contribution in [0.25, 0.3) is 11.1 Å². The number of alkyl halides is 3. The van der Waals surface area contributed by atoms with E-state index in [0.717, 1.165) is 6.07 Å². The summed E-state index contributed by atoms with van der Waals surface area (Å²) in [5.74, 6) is -2.18. The van der Waals surface area contributed by atoms with Crippen molar-refractivity contribution in [2.75, 3.05) is 0 Å². The Morgan fingerprint density at radius 2 is 1.60 bits per heavy atom. The zero-order valence-corrected chi connectivity index (χ0v) is 10.9. The summed E-state index contributed by atoms with van der Waals surface area (Å²) in [6.45, 7) is 1.66. The van der Waals surface area contributed by atoms with E-state index in [-0.39, 0.29) is 11.1 Å². The lowest BCUT2D eigenvalue weighted by molar-refractivity contribution is -0.139. The van der Waals surface area contributed by atoms with Gasteiger partial charge in [-0.05, 0) is 36.2 Å². The Bertz CT molecular complexity index is 638. The second-order valence-electron chi connectivity index (χ2n) is 4.30. The molecule has 0 bridgehead atoms. The van der Waals surface area contributed by atoms with Gasteiger partial charge >= 0.3 is 6.18 Å². The van der Waals surface area contributed by atoms with Crippen molar-refractivity contribution in [3.05, 3.63) is 58.1 Å². The predicted octanol–water partition coefficient (Wildman–Crippen LogP) is 5.61. The highest BCUT2D eigenvalue weighted by atomic mass is 35.5. The molecule has 2 aromatic carbocycles. The molecule has 0 atom stereocenters. The Balaban J connectivity index is 2.61. The Labute approximate surface area is 116 Å². The van der Waals surface area contributed by atoms with E-state index < -0.39 is 28.4 Å². The van der Waals surface area contributed by atoms with Crippen LogP contribution >= 0.6 is 11.6 Å². The van der Waals surface area contributed by atoms with E-state index in [0.29, 0.717) is 11.6 Å². The summed E-state index contributed by atoms with van der Waals surface area (Å²) in [7, 11) is 0. The molecule has 0 saturated carbocycles. The van der Waals surface area contributed by atoms with Crippen molar-refractivity contribution in [3.63, 3.8) is 0 Å². The molecular weight excluding hydrogens is 299 g/mol. The fourth-order valence-electron chi connectivity index (χ4n) is 1.85. The molecule has 0 fully saturated rings. The average Bonchev–Trinajstić information content (AvgIpc) is 2.25. The van der Waals surface area contributed by atoms with Crippen molar-refractivity contribution in [1.82, 2.24) is 0 Å². The maximum absolute atomic E-state index is 13.7. The molecule has 2 aromatic rings. The fourth-order valence-corrected chi connectivity index (χ4v) is 2.17. The molecule has 20 heavy (non-hydrogen) atoms. The first kappa shape index (κ1) is 14.8. The topological polar surface area (TPSA) is 0 Å². The molecule has 0 spiro atoms. The second kappa shape index (κ2) is 5.05.